The molecule has 0 bridgehead atoms. The van der Waals surface area contributed by atoms with Gasteiger partial charge in [0.15, 0.2) is 0 Å². The van der Waals surface area contributed by atoms with E-state index >= 15 is 0 Å². The molecule has 0 radical (unpaired) electrons. The van der Waals surface area contributed by atoms with Gasteiger partial charge >= 0.3 is 0 Å². The van der Waals surface area contributed by atoms with E-state index in [9.17, 15) is 0 Å². The van der Waals surface area contributed by atoms with Crippen molar-refractivity contribution >= 4 is 11.3 Å². The van der Waals surface area contributed by atoms with E-state index in [1.165, 1.54) is 22.3 Å². The largest absolute Gasteiger partial charge is 0.306 e. The third kappa shape index (κ3) is 3.23. The molecule has 3 heteroatoms. The van der Waals surface area contributed by atoms with Crippen LogP contribution in [0.15, 0.2) is 16.8 Å². The molecule has 2 rings (SSSR count). The van der Waals surface area contributed by atoms with Gasteiger partial charge in [0, 0.05) is 24.0 Å². The van der Waals surface area contributed by atoms with Gasteiger partial charge in [-0.05, 0) is 73.7 Å². The SMILES string of the molecule is Cc1cc(C)c(C(C)NCc2cscc2C)c(C)n1. The number of aryl methyl sites for hydroxylation is 4. The quantitative estimate of drug-likeness (QED) is 0.902. The van der Waals surface area contributed by atoms with Crippen molar-refractivity contribution in [1.29, 1.82) is 0 Å². The van der Waals surface area contributed by atoms with Crippen LogP contribution in [0.4, 0.5) is 0 Å². The Bertz CT molecular complexity index is 549. The van der Waals surface area contributed by atoms with Crippen molar-refractivity contribution in [3.05, 3.63) is 50.5 Å². The third-order valence-corrected chi connectivity index (χ3v) is 4.49. The van der Waals surface area contributed by atoms with E-state index in [2.05, 4.69) is 61.7 Å². The van der Waals surface area contributed by atoms with E-state index in [1.807, 2.05) is 0 Å². The van der Waals surface area contributed by atoms with Gasteiger partial charge < -0.3 is 5.32 Å². The van der Waals surface area contributed by atoms with Crippen LogP contribution in [0.3, 0.4) is 0 Å². The third-order valence-electron chi connectivity index (χ3n) is 3.58. The molecule has 19 heavy (non-hydrogen) atoms. The summed E-state index contributed by atoms with van der Waals surface area (Å²) in [6, 6.07) is 2.49. The summed E-state index contributed by atoms with van der Waals surface area (Å²) in [5, 5.41) is 8.03. The number of nitrogens with zero attached hydrogens (tertiary/aromatic N) is 1. The van der Waals surface area contributed by atoms with E-state index in [4.69, 9.17) is 0 Å². The van der Waals surface area contributed by atoms with Crippen LogP contribution in [0, 0.1) is 27.7 Å². The Morgan fingerprint density at radius 3 is 2.47 bits per heavy atom. The fourth-order valence-corrected chi connectivity index (χ4v) is 3.48. The molecule has 2 heterocycles. The summed E-state index contributed by atoms with van der Waals surface area (Å²) in [6.45, 7) is 11.6. The number of hydrogen-bond donors (Lipinski definition) is 1. The Labute approximate surface area is 119 Å². The summed E-state index contributed by atoms with van der Waals surface area (Å²) in [5.41, 5.74) is 7.66. The van der Waals surface area contributed by atoms with Gasteiger partial charge in [-0.3, -0.25) is 4.98 Å². The minimum Gasteiger partial charge on any atom is -0.306 e. The second-order valence-electron chi connectivity index (χ2n) is 5.26. The molecular weight excluding hydrogens is 252 g/mol. The Morgan fingerprint density at radius 1 is 1.16 bits per heavy atom. The maximum absolute atomic E-state index is 4.58. The molecule has 102 valence electrons. The molecule has 1 atom stereocenters. The summed E-state index contributed by atoms with van der Waals surface area (Å²) in [5.74, 6) is 0. The molecule has 0 aromatic carbocycles. The van der Waals surface area contributed by atoms with Gasteiger partial charge in [-0.15, -0.1) is 0 Å². The highest BCUT2D eigenvalue weighted by Crippen LogP contribution is 2.22. The summed E-state index contributed by atoms with van der Waals surface area (Å²) >= 11 is 1.77. The van der Waals surface area contributed by atoms with Crippen molar-refractivity contribution < 1.29 is 0 Å². The first-order valence-corrected chi connectivity index (χ1v) is 7.63. The lowest BCUT2D eigenvalue weighted by molar-refractivity contribution is 0.566. The normalized spacial score (nSPS) is 12.7. The lowest BCUT2D eigenvalue weighted by Gasteiger charge is -2.19. The molecule has 0 aliphatic carbocycles. The van der Waals surface area contributed by atoms with Gasteiger partial charge in [-0.1, -0.05) is 0 Å². The molecule has 2 aromatic heterocycles. The summed E-state index contributed by atoms with van der Waals surface area (Å²) in [4.78, 5) is 4.58. The molecule has 0 saturated carbocycles. The van der Waals surface area contributed by atoms with E-state index < -0.39 is 0 Å². The standard InChI is InChI=1S/C16H22N2S/c1-10-6-12(3)18-14(5)16(10)13(4)17-7-15-9-19-8-11(15)2/h6,8-9,13,17H,7H2,1-5H3. The van der Waals surface area contributed by atoms with Crippen molar-refractivity contribution in [3.8, 4) is 0 Å². The molecule has 2 aromatic rings. The van der Waals surface area contributed by atoms with Crippen molar-refractivity contribution in [2.75, 3.05) is 0 Å². The molecule has 0 amide bonds. The summed E-state index contributed by atoms with van der Waals surface area (Å²) in [7, 11) is 0. The maximum atomic E-state index is 4.58. The maximum Gasteiger partial charge on any atom is 0.0426 e. The van der Waals surface area contributed by atoms with Gasteiger partial charge in [-0.2, -0.15) is 11.3 Å². The topological polar surface area (TPSA) is 24.9 Å². The minimum absolute atomic E-state index is 0.326. The van der Waals surface area contributed by atoms with Crippen molar-refractivity contribution in [3.63, 3.8) is 0 Å². The van der Waals surface area contributed by atoms with Crippen LogP contribution in [0.1, 0.15) is 46.6 Å². The molecule has 0 saturated heterocycles. The van der Waals surface area contributed by atoms with Gasteiger partial charge in [0.05, 0.1) is 0 Å². The predicted octanol–water partition coefficient (Wildman–Crippen LogP) is 4.23. The highest BCUT2D eigenvalue weighted by Gasteiger charge is 2.13. The van der Waals surface area contributed by atoms with Gasteiger partial charge in [0.2, 0.25) is 0 Å². The van der Waals surface area contributed by atoms with Gasteiger partial charge in [0.25, 0.3) is 0 Å². The average Bonchev–Trinajstić information content (AvgIpc) is 2.70. The fourth-order valence-electron chi connectivity index (χ4n) is 2.62. The minimum atomic E-state index is 0.326. The Hall–Kier alpha value is -1.19. The monoisotopic (exact) mass is 274 g/mol. The number of aromatic nitrogens is 1. The van der Waals surface area contributed by atoms with Crippen molar-refractivity contribution in [2.45, 2.75) is 47.2 Å². The van der Waals surface area contributed by atoms with E-state index in [-0.39, 0.29) is 0 Å². The molecule has 1 unspecified atom stereocenters. The first-order chi connectivity index (χ1) is 8.99. The second kappa shape index (κ2) is 5.85. The Morgan fingerprint density at radius 2 is 1.89 bits per heavy atom. The fraction of sp³-hybridized carbons (Fsp3) is 0.438. The molecule has 2 nitrogen and oxygen atoms in total. The van der Waals surface area contributed by atoms with E-state index in [0.29, 0.717) is 6.04 Å². The van der Waals surface area contributed by atoms with Crippen LogP contribution >= 0.6 is 11.3 Å². The molecule has 0 aliphatic heterocycles. The smallest absolute Gasteiger partial charge is 0.0426 e. The number of thiophene rings is 1. The Kier molecular flexibility index (Phi) is 4.38. The summed E-state index contributed by atoms with van der Waals surface area (Å²) < 4.78 is 0. The summed E-state index contributed by atoms with van der Waals surface area (Å²) in [6.07, 6.45) is 0. The zero-order chi connectivity index (χ0) is 14.0. The molecule has 0 fully saturated rings. The van der Waals surface area contributed by atoms with E-state index in [0.717, 1.165) is 17.9 Å². The van der Waals surface area contributed by atoms with Crippen LogP contribution in [-0.4, -0.2) is 4.98 Å². The van der Waals surface area contributed by atoms with Crippen molar-refractivity contribution in [1.82, 2.24) is 10.3 Å². The molecule has 0 aliphatic rings. The second-order valence-corrected chi connectivity index (χ2v) is 6.01. The van der Waals surface area contributed by atoms with Crippen LogP contribution in [-0.2, 0) is 6.54 Å². The molecule has 1 N–H and O–H groups in total. The van der Waals surface area contributed by atoms with Crippen LogP contribution in [0.5, 0.6) is 0 Å². The average molecular weight is 274 g/mol. The van der Waals surface area contributed by atoms with Gasteiger partial charge in [0.1, 0.15) is 0 Å². The lowest BCUT2D eigenvalue weighted by atomic mass is 10.00. The first-order valence-electron chi connectivity index (χ1n) is 6.69. The van der Waals surface area contributed by atoms with Gasteiger partial charge in [-0.25, -0.2) is 0 Å². The van der Waals surface area contributed by atoms with E-state index in [1.54, 1.807) is 11.3 Å². The number of rotatable bonds is 4. The first kappa shape index (κ1) is 14.2. The number of pyridine rings is 1. The number of hydrogen-bond acceptors (Lipinski definition) is 3. The van der Waals surface area contributed by atoms with Crippen LogP contribution < -0.4 is 5.32 Å². The lowest BCUT2D eigenvalue weighted by Crippen LogP contribution is -2.20. The molecular formula is C16H22N2S. The number of nitrogens with one attached hydrogen (secondary N) is 1. The highest BCUT2D eigenvalue weighted by atomic mass is 32.1. The zero-order valence-corrected chi connectivity index (χ0v) is 13.2. The van der Waals surface area contributed by atoms with Crippen LogP contribution in [0.25, 0.3) is 0 Å². The highest BCUT2D eigenvalue weighted by molar-refractivity contribution is 7.08. The van der Waals surface area contributed by atoms with Crippen molar-refractivity contribution in [2.24, 2.45) is 0 Å². The van der Waals surface area contributed by atoms with Crippen LogP contribution in [0.2, 0.25) is 0 Å². The Balaban J connectivity index is 2.12. The molecule has 0 spiro atoms. The predicted molar refractivity (Wildman–Crippen MR) is 82.8 cm³/mol. The zero-order valence-electron chi connectivity index (χ0n) is 12.4.